The molecule has 1 aliphatic heterocycles. The molecule has 2 aromatic heterocycles. The van der Waals surface area contributed by atoms with Gasteiger partial charge in [0.15, 0.2) is 0 Å². The monoisotopic (exact) mass is 501 g/mol. The lowest BCUT2D eigenvalue weighted by Crippen LogP contribution is -2.61. The van der Waals surface area contributed by atoms with Gasteiger partial charge in [-0.1, -0.05) is 37.3 Å². The number of halogens is 2. The molecule has 0 spiro atoms. The molecule has 3 aromatic rings. The summed E-state index contributed by atoms with van der Waals surface area (Å²) in [4.78, 5) is 25.7. The fraction of sp³-hybridized carbons (Fsp3) is 0.321. The van der Waals surface area contributed by atoms with Crippen molar-refractivity contribution in [2.75, 3.05) is 5.32 Å². The molecule has 1 saturated carbocycles. The number of anilines is 1. The van der Waals surface area contributed by atoms with Crippen LogP contribution >= 0.6 is 0 Å². The Morgan fingerprint density at radius 3 is 2.65 bits per heavy atom. The third-order valence-electron chi connectivity index (χ3n) is 7.45. The molecule has 188 valence electrons. The van der Waals surface area contributed by atoms with Crippen molar-refractivity contribution >= 4 is 17.9 Å². The first-order chi connectivity index (χ1) is 17.7. The number of rotatable bonds is 5. The van der Waals surface area contributed by atoms with Crippen LogP contribution in [-0.4, -0.2) is 38.5 Å². The van der Waals surface area contributed by atoms with E-state index in [0.717, 1.165) is 11.1 Å². The number of benzene rings is 1. The molecule has 2 fully saturated rings. The van der Waals surface area contributed by atoms with E-state index in [4.69, 9.17) is 4.74 Å². The number of nitrogens with one attached hydrogen (secondary N) is 1. The predicted molar refractivity (Wildman–Crippen MR) is 133 cm³/mol. The van der Waals surface area contributed by atoms with Crippen LogP contribution in [0.15, 0.2) is 67.3 Å². The van der Waals surface area contributed by atoms with Gasteiger partial charge < -0.3 is 10.1 Å². The summed E-state index contributed by atoms with van der Waals surface area (Å²) < 4.78 is 36.4. The fourth-order valence-corrected chi connectivity index (χ4v) is 5.60. The number of ether oxygens (including phenoxy) is 1. The molecule has 0 amide bonds. The van der Waals surface area contributed by atoms with Crippen molar-refractivity contribution in [3.05, 3.63) is 78.5 Å². The second kappa shape index (κ2) is 9.36. The highest BCUT2D eigenvalue weighted by Gasteiger charge is 2.68. The Morgan fingerprint density at radius 1 is 1.14 bits per heavy atom. The minimum absolute atomic E-state index is 0.238. The number of nitriles is 1. The average molecular weight is 502 g/mol. The van der Waals surface area contributed by atoms with Crippen molar-refractivity contribution in [1.29, 1.82) is 5.26 Å². The summed E-state index contributed by atoms with van der Waals surface area (Å²) in [7, 11) is 0. The van der Waals surface area contributed by atoms with Gasteiger partial charge in [0.25, 0.3) is 5.92 Å². The van der Waals surface area contributed by atoms with Gasteiger partial charge in [-0.2, -0.15) is 5.26 Å². The molecule has 37 heavy (non-hydrogen) atoms. The summed E-state index contributed by atoms with van der Waals surface area (Å²) in [5.41, 5.74) is 1.02. The van der Waals surface area contributed by atoms with Gasteiger partial charge in [-0.05, 0) is 31.1 Å². The van der Waals surface area contributed by atoms with Gasteiger partial charge in [0.05, 0.1) is 23.5 Å². The highest BCUT2D eigenvalue weighted by molar-refractivity contribution is 5.87. The van der Waals surface area contributed by atoms with Crippen molar-refractivity contribution in [2.24, 2.45) is 17.8 Å². The van der Waals surface area contributed by atoms with Crippen LogP contribution < -0.4 is 5.32 Å². The minimum Gasteiger partial charge on any atom is -0.460 e. The van der Waals surface area contributed by atoms with Crippen molar-refractivity contribution < 1.29 is 18.3 Å². The lowest BCUT2D eigenvalue weighted by Gasteiger charge is -2.48. The van der Waals surface area contributed by atoms with E-state index in [2.05, 4.69) is 26.3 Å². The first-order valence-electron chi connectivity index (χ1n) is 12.0. The molecular weight excluding hydrogens is 476 g/mol. The van der Waals surface area contributed by atoms with Gasteiger partial charge in [0.2, 0.25) is 0 Å². The number of hydrogen-bond acceptors (Lipinski definition) is 7. The minimum atomic E-state index is -3.14. The average Bonchev–Trinajstić information content (AvgIpc) is 3.13. The predicted octanol–water partition coefficient (Wildman–Crippen LogP) is 5.13. The van der Waals surface area contributed by atoms with Crippen LogP contribution in [0, 0.1) is 29.1 Å². The smallest absolute Gasteiger partial charge is 0.332 e. The Morgan fingerprint density at radius 2 is 1.95 bits per heavy atom. The van der Waals surface area contributed by atoms with E-state index in [1.807, 2.05) is 18.2 Å². The van der Waals surface area contributed by atoms with Crippen LogP contribution in [0.4, 0.5) is 14.6 Å². The molecule has 3 heterocycles. The van der Waals surface area contributed by atoms with Crippen LogP contribution in [-0.2, 0) is 9.53 Å². The molecule has 9 heteroatoms. The van der Waals surface area contributed by atoms with Crippen molar-refractivity contribution in [2.45, 2.75) is 37.8 Å². The maximum absolute atomic E-state index is 15.4. The van der Waals surface area contributed by atoms with Crippen molar-refractivity contribution in [3.63, 3.8) is 0 Å². The van der Waals surface area contributed by atoms with Gasteiger partial charge in [-0.15, -0.1) is 0 Å². The van der Waals surface area contributed by atoms with Gasteiger partial charge in [0.1, 0.15) is 17.5 Å². The second-order valence-electron chi connectivity index (χ2n) is 9.62. The lowest BCUT2D eigenvalue weighted by molar-refractivity contribution is -0.153. The van der Waals surface area contributed by atoms with E-state index in [-0.39, 0.29) is 5.82 Å². The molecule has 7 nitrogen and oxygen atoms in total. The van der Waals surface area contributed by atoms with Gasteiger partial charge in [0, 0.05) is 48.0 Å². The van der Waals surface area contributed by atoms with Crippen LogP contribution in [0.25, 0.3) is 17.2 Å². The zero-order chi connectivity index (χ0) is 26.2. The molecule has 0 unspecified atom stereocenters. The molecule has 5 rings (SSSR count). The Balaban J connectivity index is 1.47. The third-order valence-corrected chi connectivity index (χ3v) is 7.45. The number of carbonyl (C=O) groups excluding carboxylic acids is 1. The quantitative estimate of drug-likeness (QED) is 0.484. The molecule has 1 aliphatic carbocycles. The molecule has 1 saturated heterocycles. The largest absolute Gasteiger partial charge is 0.460 e. The first kappa shape index (κ1) is 24.5. The topological polar surface area (TPSA) is 101 Å². The van der Waals surface area contributed by atoms with Crippen LogP contribution in [0.2, 0.25) is 0 Å². The SMILES string of the molecule is C[C@H]1OC(=O)[C@]2(Nc3cnccn3)CC(F)(F)[C@@H](C)[C@H](/C=C/c3ccc(-c4ccccc4C#N)cn3)[C@H]12. The van der Waals surface area contributed by atoms with Crippen LogP contribution in [0.5, 0.6) is 0 Å². The van der Waals surface area contributed by atoms with Gasteiger partial charge in [-0.25, -0.2) is 18.6 Å². The Bertz CT molecular complexity index is 1370. The zero-order valence-corrected chi connectivity index (χ0v) is 20.3. The third kappa shape index (κ3) is 4.33. The number of carbonyl (C=O) groups is 1. The van der Waals surface area contributed by atoms with E-state index in [0.29, 0.717) is 11.3 Å². The normalized spacial score (nSPS) is 28.4. The number of nitrogens with zero attached hydrogens (tertiary/aromatic N) is 4. The van der Waals surface area contributed by atoms with Gasteiger partial charge in [-0.3, -0.25) is 9.97 Å². The summed E-state index contributed by atoms with van der Waals surface area (Å²) in [6.07, 6.45) is 8.09. The maximum Gasteiger partial charge on any atom is 0.332 e. The fourth-order valence-electron chi connectivity index (χ4n) is 5.60. The number of esters is 1. The molecule has 0 bridgehead atoms. The Hall–Kier alpha value is -4.19. The number of hydrogen-bond donors (Lipinski definition) is 1. The molecule has 5 atom stereocenters. The van der Waals surface area contributed by atoms with E-state index in [9.17, 15) is 10.1 Å². The molecule has 2 aliphatic rings. The molecule has 1 aromatic carbocycles. The second-order valence-corrected chi connectivity index (χ2v) is 9.62. The van der Waals surface area contributed by atoms with E-state index >= 15 is 8.78 Å². The highest BCUT2D eigenvalue weighted by atomic mass is 19.3. The molecule has 1 N–H and O–H groups in total. The Kier molecular flexibility index (Phi) is 6.20. The number of allylic oxidation sites excluding steroid dienone is 1. The van der Waals surface area contributed by atoms with Crippen LogP contribution in [0.1, 0.15) is 31.5 Å². The maximum atomic E-state index is 15.4. The van der Waals surface area contributed by atoms with Crippen molar-refractivity contribution in [3.8, 4) is 17.2 Å². The Labute approximate surface area is 213 Å². The summed E-state index contributed by atoms with van der Waals surface area (Å²) in [6.45, 7) is 3.24. The number of cyclic esters (lactones) is 1. The number of aromatic nitrogens is 3. The summed E-state index contributed by atoms with van der Waals surface area (Å²) in [6, 6.07) is 13.0. The lowest BCUT2D eigenvalue weighted by atomic mass is 9.60. The standard InChI is InChI=1S/C28H25F2N5O2/c1-17-22(10-9-21-8-7-20(14-34-21)23-6-4-3-5-19(23)13-31)25-18(2)37-26(36)27(25,16-28(17,29)30)35-24-15-32-11-12-33-24/h3-12,14-15,17-18,22,25H,16H2,1-2H3,(H,33,35)/b10-9+/t17-,18+,22-,25-,27-/m0/s1. The molecule has 0 radical (unpaired) electrons. The van der Waals surface area contributed by atoms with Crippen LogP contribution in [0.3, 0.4) is 0 Å². The van der Waals surface area contributed by atoms with E-state index in [1.54, 1.807) is 43.5 Å². The van der Waals surface area contributed by atoms with Crippen molar-refractivity contribution in [1.82, 2.24) is 15.0 Å². The molecular formula is C28H25F2N5O2. The summed E-state index contributed by atoms with van der Waals surface area (Å²) >= 11 is 0. The zero-order valence-electron chi connectivity index (χ0n) is 20.3. The summed E-state index contributed by atoms with van der Waals surface area (Å²) in [5.74, 6) is -5.89. The number of pyridine rings is 1. The first-order valence-corrected chi connectivity index (χ1v) is 12.0. The van der Waals surface area contributed by atoms with Gasteiger partial charge >= 0.3 is 5.97 Å². The number of alkyl halides is 2. The number of fused-ring (bicyclic) bond motifs is 1. The van der Waals surface area contributed by atoms with E-state index in [1.165, 1.54) is 25.5 Å². The van der Waals surface area contributed by atoms with E-state index < -0.39 is 47.7 Å². The highest BCUT2D eigenvalue weighted by Crippen LogP contribution is 2.55. The summed E-state index contributed by atoms with van der Waals surface area (Å²) in [5, 5.41) is 12.3.